The fraction of sp³-hybridized carbons (Fsp3) is 0.750. The Balaban J connectivity index is 2.08. The molecule has 0 amide bonds. The molecule has 0 spiro atoms. The van der Waals surface area contributed by atoms with E-state index in [-0.39, 0.29) is 0 Å². The highest BCUT2D eigenvalue weighted by Gasteiger charge is 2.15. The van der Waals surface area contributed by atoms with Crippen molar-refractivity contribution >= 4 is 11.6 Å². The Labute approximate surface area is 127 Å². The number of ether oxygens (including phenoxy) is 1. The lowest BCUT2D eigenvalue weighted by Gasteiger charge is -2.23. The maximum absolute atomic E-state index is 5.54. The maximum atomic E-state index is 5.54. The Bertz CT molecular complexity index is 444. The Kier molecular flexibility index (Phi) is 6.23. The molecule has 5 heteroatoms. The van der Waals surface area contributed by atoms with E-state index in [1.54, 1.807) is 0 Å². The lowest BCUT2D eigenvalue weighted by molar-refractivity contribution is 0.0595. The summed E-state index contributed by atoms with van der Waals surface area (Å²) in [5.41, 5.74) is 1.11. The van der Waals surface area contributed by atoms with Gasteiger partial charge in [0, 0.05) is 31.7 Å². The van der Waals surface area contributed by atoms with E-state index in [4.69, 9.17) is 4.74 Å². The van der Waals surface area contributed by atoms with Gasteiger partial charge in [-0.3, -0.25) is 0 Å². The van der Waals surface area contributed by atoms with Crippen LogP contribution in [0.4, 0.5) is 11.6 Å². The Morgan fingerprint density at radius 2 is 1.95 bits per heavy atom. The molecule has 1 aromatic rings. The molecule has 0 aromatic carbocycles. The summed E-state index contributed by atoms with van der Waals surface area (Å²) < 4.78 is 5.54. The van der Waals surface area contributed by atoms with Crippen LogP contribution in [-0.2, 0) is 11.2 Å². The molecule has 0 saturated carbocycles. The Hall–Kier alpha value is -1.36. The van der Waals surface area contributed by atoms with E-state index < -0.39 is 0 Å². The van der Waals surface area contributed by atoms with E-state index in [9.17, 15) is 0 Å². The van der Waals surface area contributed by atoms with E-state index in [1.807, 2.05) is 0 Å². The zero-order chi connectivity index (χ0) is 15.1. The second-order valence-corrected chi connectivity index (χ2v) is 5.71. The summed E-state index contributed by atoms with van der Waals surface area (Å²) in [5, 5.41) is 6.85. The molecule has 1 fully saturated rings. The van der Waals surface area contributed by atoms with E-state index in [2.05, 4.69) is 41.4 Å². The van der Waals surface area contributed by atoms with Gasteiger partial charge in [-0.25, -0.2) is 9.97 Å². The van der Waals surface area contributed by atoms with Crippen LogP contribution in [0.3, 0.4) is 0 Å². The van der Waals surface area contributed by atoms with Gasteiger partial charge >= 0.3 is 0 Å². The third-order valence-electron chi connectivity index (χ3n) is 3.82. The fourth-order valence-electron chi connectivity index (χ4n) is 2.62. The zero-order valence-corrected chi connectivity index (χ0v) is 13.5. The lowest BCUT2D eigenvalue weighted by Crippen LogP contribution is -2.25. The molecule has 2 heterocycles. The second kappa shape index (κ2) is 8.17. The largest absolute Gasteiger partial charge is 0.381 e. The SMILES string of the molecule is CCCc1nc(NCC)c(C)c(NCC2CCCOC2)n1. The van der Waals surface area contributed by atoms with Crippen molar-refractivity contribution in [3.63, 3.8) is 0 Å². The van der Waals surface area contributed by atoms with Crippen molar-refractivity contribution in [2.45, 2.75) is 46.5 Å². The predicted octanol–water partition coefficient (Wildman–Crippen LogP) is 3.01. The molecular weight excluding hydrogens is 264 g/mol. The summed E-state index contributed by atoms with van der Waals surface area (Å²) in [6.45, 7) is 9.89. The number of hydrogen-bond donors (Lipinski definition) is 2. The van der Waals surface area contributed by atoms with Crippen molar-refractivity contribution in [2.75, 3.05) is 36.9 Å². The van der Waals surface area contributed by atoms with Gasteiger partial charge in [0.1, 0.15) is 17.5 Å². The second-order valence-electron chi connectivity index (χ2n) is 5.71. The van der Waals surface area contributed by atoms with Crippen molar-refractivity contribution in [1.29, 1.82) is 0 Å². The van der Waals surface area contributed by atoms with Crippen LogP contribution in [-0.4, -0.2) is 36.3 Å². The number of aromatic nitrogens is 2. The Morgan fingerprint density at radius 1 is 1.19 bits per heavy atom. The van der Waals surface area contributed by atoms with Crippen LogP contribution in [0, 0.1) is 12.8 Å². The first-order chi connectivity index (χ1) is 10.2. The number of rotatable bonds is 7. The molecule has 21 heavy (non-hydrogen) atoms. The first kappa shape index (κ1) is 16.0. The molecule has 118 valence electrons. The highest BCUT2D eigenvalue weighted by Crippen LogP contribution is 2.22. The summed E-state index contributed by atoms with van der Waals surface area (Å²) >= 11 is 0. The number of anilines is 2. The molecule has 0 radical (unpaired) electrons. The third-order valence-corrected chi connectivity index (χ3v) is 3.82. The lowest BCUT2D eigenvalue weighted by atomic mass is 10.0. The summed E-state index contributed by atoms with van der Waals surface area (Å²) in [6, 6.07) is 0. The van der Waals surface area contributed by atoms with Gasteiger partial charge in [0.05, 0.1) is 6.61 Å². The van der Waals surface area contributed by atoms with Crippen LogP contribution in [0.2, 0.25) is 0 Å². The molecule has 0 aliphatic carbocycles. The highest BCUT2D eigenvalue weighted by molar-refractivity contribution is 5.57. The molecule has 2 N–H and O–H groups in total. The van der Waals surface area contributed by atoms with Gasteiger partial charge < -0.3 is 15.4 Å². The molecule has 1 unspecified atom stereocenters. The smallest absolute Gasteiger partial charge is 0.134 e. The van der Waals surface area contributed by atoms with Crippen molar-refractivity contribution in [3.05, 3.63) is 11.4 Å². The van der Waals surface area contributed by atoms with Crippen LogP contribution in [0.5, 0.6) is 0 Å². The van der Waals surface area contributed by atoms with Crippen molar-refractivity contribution < 1.29 is 4.74 Å². The molecule has 5 nitrogen and oxygen atoms in total. The molecule has 1 atom stereocenters. The van der Waals surface area contributed by atoms with Crippen molar-refractivity contribution in [3.8, 4) is 0 Å². The quantitative estimate of drug-likeness (QED) is 0.809. The average molecular weight is 292 g/mol. The van der Waals surface area contributed by atoms with Crippen LogP contribution >= 0.6 is 0 Å². The molecule has 0 bridgehead atoms. The monoisotopic (exact) mass is 292 g/mol. The summed E-state index contributed by atoms with van der Waals surface area (Å²) in [7, 11) is 0. The van der Waals surface area contributed by atoms with Gasteiger partial charge in [-0.1, -0.05) is 6.92 Å². The predicted molar refractivity (Wildman–Crippen MR) is 87.0 cm³/mol. The van der Waals surface area contributed by atoms with Crippen molar-refractivity contribution in [1.82, 2.24) is 9.97 Å². The topological polar surface area (TPSA) is 59.1 Å². The van der Waals surface area contributed by atoms with Crippen LogP contribution in [0.1, 0.15) is 44.5 Å². The Morgan fingerprint density at radius 3 is 2.57 bits per heavy atom. The minimum Gasteiger partial charge on any atom is -0.381 e. The van der Waals surface area contributed by atoms with Gasteiger partial charge in [0.25, 0.3) is 0 Å². The maximum Gasteiger partial charge on any atom is 0.134 e. The zero-order valence-electron chi connectivity index (χ0n) is 13.5. The first-order valence-corrected chi connectivity index (χ1v) is 8.17. The third kappa shape index (κ3) is 4.56. The number of nitrogens with one attached hydrogen (secondary N) is 2. The average Bonchev–Trinajstić information content (AvgIpc) is 2.50. The number of aryl methyl sites for hydroxylation is 1. The van der Waals surface area contributed by atoms with Gasteiger partial charge in [-0.05, 0) is 39.0 Å². The normalized spacial score (nSPS) is 18.5. The van der Waals surface area contributed by atoms with Crippen LogP contribution in [0.25, 0.3) is 0 Å². The molecule has 1 aliphatic rings. The summed E-state index contributed by atoms with van der Waals surface area (Å²) in [5.74, 6) is 3.43. The van der Waals surface area contributed by atoms with E-state index in [1.165, 1.54) is 12.8 Å². The number of nitrogens with zero attached hydrogens (tertiary/aromatic N) is 2. The minimum atomic E-state index is 0.588. The van der Waals surface area contributed by atoms with Gasteiger partial charge in [-0.15, -0.1) is 0 Å². The van der Waals surface area contributed by atoms with E-state index in [0.717, 1.165) is 62.2 Å². The van der Waals surface area contributed by atoms with Crippen molar-refractivity contribution in [2.24, 2.45) is 5.92 Å². The van der Waals surface area contributed by atoms with Crippen LogP contribution < -0.4 is 10.6 Å². The minimum absolute atomic E-state index is 0.588. The number of hydrogen-bond acceptors (Lipinski definition) is 5. The standard InChI is InChI=1S/C16H28N4O/c1-4-7-14-19-15(17-5-2)12(3)16(20-14)18-10-13-8-6-9-21-11-13/h13H,4-11H2,1-3H3,(H2,17,18,19,20). The van der Waals surface area contributed by atoms with E-state index in [0.29, 0.717) is 5.92 Å². The van der Waals surface area contributed by atoms with Gasteiger partial charge in [-0.2, -0.15) is 0 Å². The molecular formula is C16H28N4O. The highest BCUT2D eigenvalue weighted by atomic mass is 16.5. The van der Waals surface area contributed by atoms with Gasteiger partial charge in [0.2, 0.25) is 0 Å². The van der Waals surface area contributed by atoms with E-state index >= 15 is 0 Å². The molecule has 1 saturated heterocycles. The summed E-state index contributed by atoms with van der Waals surface area (Å²) in [6.07, 6.45) is 4.38. The van der Waals surface area contributed by atoms with Crippen LogP contribution in [0.15, 0.2) is 0 Å². The molecule has 1 aromatic heterocycles. The first-order valence-electron chi connectivity index (χ1n) is 8.17. The molecule has 1 aliphatic heterocycles. The van der Waals surface area contributed by atoms with Gasteiger partial charge in [0.15, 0.2) is 0 Å². The summed E-state index contributed by atoms with van der Waals surface area (Å²) in [4.78, 5) is 9.31. The molecule has 2 rings (SSSR count). The fourth-order valence-corrected chi connectivity index (χ4v) is 2.62.